The number of carboxylic acids is 1. The van der Waals surface area contributed by atoms with Crippen molar-refractivity contribution in [1.29, 1.82) is 0 Å². The van der Waals surface area contributed by atoms with Gasteiger partial charge in [0.1, 0.15) is 0 Å². The van der Waals surface area contributed by atoms with Crippen LogP contribution >= 0.6 is 0 Å². The Morgan fingerprint density at radius 2 is 1.68 bits per heavy atom. The average molecular weight is 270 g/mol. The predicted molar refractivity (Wildman–Crippen MR) is 79.4 cm³/mol. The van der Waals surface area contributed by atoms with Crippen LogP contribution in [0.4, 0.5) is 0 Å². The second-order valence-corrected chi connectivity index (χ2v) is 4.95. The van der Waals surface area contributed by atoms with E-state index in [0.29, 0.717) is 13.0 Å². The van der Waals surface area contributed by atoms with Crippen molar-refractivity contribution in [3.63, 3.8) is 0 Å². The molecule has 0 fully saturated rings. The largest absolute Gasteiger partial charge is 0.479 e. The average Bonchev–Trinajstić information content (AvgIpc) is 2.39. The standard InChI is InChI=1S/C16H30O3/c1-3-5-7-8-9-10-11-12-14-19-15(16(17)18)13-6-4-2/h9-10,15H,3-8,11-14H2,1-2H3,(H,17,18)/b10-9-. The Labute approximate surface area is 118 Å². The Morgan fingerprint density at radius 1 is 1.05 bits per heavy atom. The molecule has 0 saturated heterocycles. The third-order valence-electron chi connectivity index (χ3n) is 3.07. The van der Waals surface area contributed by atoms with Gasteiger partial charge in [-0.2, -0.15) is 0 Å². The van der Waals surface area contributed by atoms with Gasteiger partial charge in [-0.1, -0.05) is 51.7 Å². The molecule has 1 atom stereocenters. The van der Waals surface area contributed by atoms with Gasteiger partial charge in [0.05, 0.1) is 0 Å². The maximum absolute atomic E-state index is 10.9. The normalized spacial score (nSPS) is 12.9. The SMILES string of the molecule is CCCCC/C=C\CCCOC(CCCC)C(=O)O. The molecule has 0 bridgehead atoms. The summed E-state index contributed by atoms with van der Waals surface area (Å²) >= 11 is 0. The molecule has 0 aromatic rings. The fourth-order valence-corrected chi connectivity index (χ4v) is 1.84. The minimum absolute atomic E-state index is 0.542. The zero-order valence-corrected chi connectivity index (χ0v) is 12.6. The maximum atomic E-state index is 10.9. The molecule has 0 saturated carbocycles. The van der Waals surface area contributed by atoms with Crippen LogP contribution in [0.3, 0.4) is 0 Å². The summed E-state index contributed by atoms with van der Waals surface area (Å²) in [6.07, 6.45) is 13.2. The van der Waals surface area contributed by atoms with Gasteiger partial charge in [0.25, 0.3) is 0 Å². The summed E-state index contributed by atoms with van der Waals surface area (Å²) in [5.74, 6) is -0.830. The summed E-state index contributed by atoms with van der Waals surface area (Å²) in [4.78, 5) is 10.9. The van der Waals surface area contributed by atoms with Crippen molar-refractivity contribution in [2.75, 3.05) is 6.61 Å². The first-order valence-corrected chi connectivity index (χ1v) is 7.71. The molecule has 1 unspecified atom stereocenters. The van der Waals surface area contributed by atoms with Gasteiger partial charge in [0.2, 0.25) is 0 Å². The molecule has 0 rings (SSSR count). The van der Waals surface area contributed by atoms with E-state index in [1.165, 1.54) is 19.3 Å². The monoisotopic (exact) mass is 270 g/mol. The third-order valence-corrected chi connectivity index (χ3v) is 3.07. The molecule has 0 spiro atoms. The van der Waals surface area contributed by atoms with Crippen molar-refractivity contribution in [1.82, 2.24) is 0 Å². The van der Waals surface area contributed by atoms with Crippen molar-refractivity contribution < 1.29 is 14.6 Å². The molecule has 0 heterocycles. The van der Waals surface area contributed by atoms with E-state index in [1.807, 2.05) is 0 Å². The van der Waals surface area contributed by atoms with Crippen LogP contribution < -0.4 is 0 Å². The highest BCUT2D eigenvalue weighted by molar-refractivity contribution is 5.72. The molecule has 0 aliphatic heterocycles. The van der Waals surface area contributed by atoms with E-state index in [0.717, 1.165) is 32.1 Å². The van der Waals surface area contributed by atoms with Gasteiger partial charge in [-0.15, -0.1) is 0 Å². The molecular weight excluding hydrogens is 240 g/mol. The highest BCUT2D eigenvalue weighted by Crippen LogP contribution is 2.07. The van der Waals surface area contributed by atoms with E-state index >= 15 is 0 Å². The Balaban J connectivity index is 3.51. The minimum atomic E-state index is -0.830. The summed E-state index contributed by atoms with van der Waals surface area (Å²) in [7, 11) is 0. The van der Waals surface area contributed by atoms with Crippen LogP contribution in [-0.2, 0) is 9.53 Å². The van der Waals surface area contributed by atoms with E-state index in [4.69, 9.17) is 9.84 Å². The van der Waals surface area contributed by atoms with Gasteiger partial charge in [-0.3, -0.25) is 0 Å². The minimum Gasteiger partial charge on any atom is -0.479 e. The molecule has 0 aliphatic carbocycles. The first-order valence-electron chi connectivity index (χ1n) is 7.71. The van der Waals surface area contributed by atoms with Crippen molar-refractivity contribution in [2.45, 2.75) is 77.7 Å². The lowest BCUT2D eigenvalue weighted by Crippen LogP contribution is -2.24. The first-order chi connectivity index (χ1) is 9.22. The molecule has 0 aliphatic rings. The van der Waals surface area contributed by atoms with Crippen molar-refractivity contribution >= 4 is 5.97 Å². The van der Waals surface area contributed by atoms with Crippen molar-refractivity contribution in [3.8, 4) is 0 Å². The smallest absolute Gasteiger partial charge is 0.332 e. The lowest BCUT2D eigenvalue weighted by atomic mass is 10.1. The first kappa shape index (κ1) is 18.2. The second kappa shape index (κ2) is 13.6. The van der Waals surface area contributed by atoms with Gasteiger partial charge < -0.3 is 9.84 Å². The predicted octanol–water partition coefficient (Wildman–Crippen LogP) is 4.56. The Bertz CT molecular complexity index is 236. The van der Waals surface area contributed by atoms with E-state index in [-0.39, 0.29) is 0 Å². The van der Waals surface area contributed by atoms with Crippen molar-refractivity contribution in [2.24, 2.45) is 0 Å². The fraction of sp³-hybridized carbons (Fsp3) is 0.812. The maximum Gasteiger partial charge on any atom is 0.332 e. The molecular formula is C16H30O3. The topological polar surface area (TPSA) is 46.5 Å². The van der Waals surface area contributed by atoms with Crippen LogP contribution in [0.15, 0.2) is 12.2 Å². The van der Waals surface area contributed by atoms with Gasteiger partial charge in [0.15, 0.2) is 6.10 Å². The number of allylic oxidation sites excluding steroid dienone is 2. The summed E-state index contributed by atoms with van der Waals surface area (Å²) in [5, 5.41) is 8.98. The van der Waals surface area contributed by atoms with Gasteiger partial charge in [0, 0.05) is 6.61 Å². The molecule has 0 aromatic heterocycles. The van der Waals surface area contributed by atoms with Crippen LogP contribution in [-0.4, -0.2) is 23.8 Å². The van der Waals surface area contributed by atoms with Gasteiger partial charge in [-0.05, 0) is 32.1 Å². The second-order valence-electron chi connectivity index (χ2n) is 4.95. The third kappa shape index (κ3) is 12.0. The number of ether oxygens (including phenoxy) is 1. The van der Waals surface area contributed by atoms with Crippen molar-refractivity contribution in [3.05, 3.63) is 12.2 Å². The highest BCUT2D eigenvalue weighted by Gasteiger charge is 2.16. The number of rotatable bonds is 13. The Kier molecular flexibility index (Phi) is 13.0. The summed E-state index contributed by atoms with van der Waals surface area (Å²) in [5.41, 5.74) is 0. The van der Waals surface area contributed by atoms with Crippen LogP contribution in [0.25, 0.3) is 0 Å². The van der Waals surface area contributed by atoms with E-state index in [9.17, 15) is 4.79 Å². The lowest BCUT2D eigenvalue weighted by molar-refractivity contribution is -0.150. The van der Waals surface area contributed by atoms with Crippen LogP contribution in [0.5, 0.6) is 0 Å². The molecule has 0 radical (unpaired) electrons. The molecule has 0 amide bonds. The van der Waals surface area contributed by atoms with E-state index in [1.54, 1.807) is 0 Å². The number of hydrogen-bond acceptors (Lipinski definition) is 2. The molecule has 3 nitrogen and oxygen atoms in total. The lowest BCUT2D eigenvalue weighted by Gasteiger charge is -2.12. The molecule has 19 heavy (non-hydrogen) atoms. The summed E-state index contributed by atoms with van der Waals surface area (Å²) < 4.78 is 5.42. The molecule has 3 heteroatoms. The van der Waals surface area contributed by atoms with Gasteiger partial charge in [-0.25, -0.2) is 4.79 Å². The number of carbonyl (C=O) groups is 1. The molecule has 1 N–H and O–H groups in total. The van der Waals surface area contributed by atoms with Gasteiger partial charge >= 0.3 is 5.97 Å². The van der Waals surface area contributed by atoms with Crippen LogP contribution in [0.1, 0.15) is 71.6 Å². The zero-order chi connectivity index (χ0) is 14.3. The number of hydrogen-bond donors (Lipinski definition) is 1. The van der Waals surface area contributed by atoms with Crippen LogP contribution in [0, 0.1) is 0 Å². The molecule has 112 valence electrons. The quantitative estimate of drug-likeness (QED) is 0.394. The van der Waals surface area contributed by atoms with Crippen LogP contribution in [0.2, 0.25) is 0 Å². The fourth-order valence-electron chi connectivity index (χ4n) is 1.84. The zero-order valence-electron chi connectivity index (χ0n) is 12.6. The Morgan fingerprint density at radius 3 is 2.26 bits per heavy atom. The Hall–Kier alpha value is -0.830. The number of aliphatic carboxylic acids is 1. The van der Waals surface area contributed by atoms with E-state index < -0.39 is 12.1 Å². The summed E-state index contributed by atoms with van der Waals surface area (Å²) in [6.45, 7) is 4.81. The number of carboxylic acid groups (broad SMARTS) is 1. The highest BCUT2D eigenvalue weighted by atomic mass is 16.5. The summed E-state index contributed by atoms with van der Waals surface area (Å²) in [6, 6.07) is 0. The van der Waals surface area contributed by atoms with E-state index in [2.05, 4.69) is 26.0 Å². The number of unbranched alkanes of at least 4 members (excludes halogenated alkanes) is 5. The molecule has 0 aromatic carbocycles.